The second-order valence-corrected chi connectivity index (χ2v) is 9.83. The zero-order valence-corrected chi connectivity index (χ0v) is 22.6. The minimum Gasteiger partial charge on any atom is -0.497 e. The fourth-order valence-corrected chi connectivity index (χ4v) is 4.88. The summed E-state index contributed by atoms with van der Waals surface area (Å²) in [6.07, 6.45) is 0. The molecule has 1 heterocycles. The predicted molar refractivity (Wildman–Crippen MR) is 155 cm³/mol. The lowest BCUT2D eigenvalue weighted by molar-refractivity contribution is 0.0733. The van der Waals surface area contributed by atoms with Gasteiger partial charge in [0.1, 0.15) is 33.8 Å². The summed E-state index contributed by atoms with van der Waals surface area (Å²) in [5.41, 5.74) is 0.596. The number of methoxy groups -OCH3 is 1. The van der Waals surface area contributed by atoms with Gasteiger partial charge in [-0.05, 0) is 47.9 Å². The Kier molecular flexibility index (Phi) is 6.53. The van der Waals surface area contributed by atoms with E-state index >= 15 is 0 Å². The lowest BCUT2D eigenvalue weighted by Gasteiger charge is -2.12. The van der Waals surface area contributed by atoms with E-state index in [9.17, 15) is 14.4 Å². The summed E-state index contributed by atoms with van der Waals surface area (Å²) >= 11 is 3.35. The lowest BCUT2D eigenvalue weighted by atomic mass is 10.0. The zero-order valence-electron chi connectivity index (χ0n) is 21.0. The summed E-state index contributed by atoms with van der Waals surface area (Å²) in [4.78, 5) is 39.8. The molecule has 8 heteroatoms. The highest BCUT2D eigenvalue weighted by atomic mass is 79.9. The van der Waals surface area contributed by atoms with Crippen LogP contribution < -0.4 is 19.6 Å². The Morgan fingerprint density at radius 2 is 1.48 bits per heavy atom. The Morgan fingerprint density at radius 3 is 2.27 bits per heavy atom. The van der Waals surface area contributed by atoms with Gasteiger partial charge in [-0.25, -0.2) is 9.59 Å². The van der Waals surface area contributed by atoms with Crippen LogP contribution in [0.25, 0.3) is 32.7 Å². The van der Waals surface area contributed by atoms with Gasteiger partial charge < -0.3 is 18.6 Å². The van der Waals surface area contributed by atoms with E-state index < -0.39 is 11.9 Å². The maximum absolute atomic E-state index is 13.8. The Hall–Kier alpha value is -4.95. The molecule has 0 N–H and O–H groups in total. The molecule has 0 atom stereocenters. The molecule has 0 spiro atoms. The molecular formula is C32H19BrO7. The third-order valence-electron chi connectivity index (χ3n) is 6.38. The first-order valence-corrected chi connectivity index (χ1v) is 13.0. The molecule has 7 nitrogen and oxygen atoms in total. The topological polar surface area (TPSA) is 92.0 Å². The van der Waals surface area contributed by atoms with Crippen LogP contribution in [0.4, 0.5) is 0 Å². The Balaban J connectivity index is 1.53. The summed E-state index contributed by atoms with van der Waals surface area (Å²) in [6, 6.07) is 26.9. The third kappa shape index (κ3) is 4.69. The van der Waals surface area contributed by atoms with Crippen molar-refractivity contribution in [1.82, 2.24) is 0 Å². The van der Waals surface area contributed by atoms with Crippen molar-refractivity contribution in [2.45, 2.75) is 0 Å². The molecule has 40 heavy (non-hydrogen) atoms. The normalized spacial score (nSPS) is 11.1. The molecule has 1 aromatic heterocycles. The highest BCUT2D eigenvalue weighted by molar-refractivity contribution is 9.10. The van der Waals surface area contributed by atoms with Crippen molar-refractivity contribution in [1.29, 1.82) is 0 Å². The number of halogens is 1. The Bertz CT molecular complexity index is 2030. The maximum atomic E-state index is 13.8. The van der Waals surface area contributed by atoms with Gasteiger partial charge in [0.25, 0.3) is 0 Å². The number of hydrogen-bond donors (Lipinski definition) is 0. The monoisotopic (exact) mass is 594 g/mol. The van der Waals surface area contributed by atoms with Gasteiger partial charge in [0.2, 0.25) is 5.43 Å². The standard InChI is InChI=1S/C32H19BrO7/c1-37-22-10-5-8-20(15-22)31(35)38-23-16-26-28(27(17-23)40-32(36)19-7-4-9-21(33)14-19)29(34)25-13-12-18-6-2-3-11-24(18)30(25)39-26/h2-17H,1H3. The highest BCUT2D eigenvalue weighted by Crippen LogP contribution is 2.34. The molecule has 5 aromatic carbocycles. The molecule has 0 aliphatic heterocycles. The second-order valence-electron chi connectivity index (χ2n) is 8.91. The van der Waals surface area contributed by atoms with Crippen LogP contribution in [0.1, 0.15) is 20.7 Å². The van der Waals surface area contributed by atoms with Crippen molar-refractivity contribution >= 4 is 60.6 Å². The number of ether oxygens (including phenoxy) is 3. The summed E-state index contributed by atoms with van der Waals surface area (Å²) in [5.74, 6) is -0.950. The lowest BCUT2D eigenvalue weighted by Crippen LogP contribution is -2.13. The number of carbonyl (C=O) groups is 2. The number of esters is 2. The fourth-order valence-electron chi connectivity index (χ4n) is 4.48. The van der Waals surface area contributed by atoms with E-state index in [1.807, 2.05) is 30.3 Å². The Morgan fingerprint density at radius 1 is 0.725 bits per heavy atom. The molecule has 0 saturated carbocycles. The van der Waals surface area contributed by atoms with Gasteiger partial charge in [-0.15, -0.1) is 0 Å². The van der Waals surface area contributed by atoms with E-state index in [2.05, 4.69) is 15.9 Å². The van der Waals surface area contributed by atoms with Gasteiger partial charge in [0, 0.05) is 22.0 Å². The van der Waals surface area contributed by atoms with E-state index in [0.717, 1.165) is 10.8 Å². The van der Waals surface area contributed by atoms with Crippen LogP contribution in [-0.4, -0.2) is 19.0 Å². The Labute approximate surface area is 235 Å². The quantitative estimate of drug-likeness (QED) is 0.0894. The van der Waals surface area contributed by atoms with E-state index in [1.54, 1.807) is 48.5 Å². The van der Waals surface area contributed by atoms with Gasteiger partial charge in [0.15, 0.2) is 0 Å². The van der Waals surface area contributed by atoms with Gasteiger partial charge in [0.05, 0.1) is 23.6 Å². The van der Waals surface area contributed by atoms with Crippen LogP contribution in [-0.2, 0) is 0 Å². The first kappa shape index (κ1) is 25.3. The van der Waals surface area contributed by atoms with E-state index in [4.69, 9.17) is 18.6 Å². The van der Waals surface area contributed by atoms with Gasteiger partial charge in [-0.2, -0.15) is 0 Å². The van der Waals surface area contributed by atoms with Crippen LogP contribution in [0.15, 0.2) is 111 Å². The minimum absolute atomic E-state index is 0.0279. The van der Waals surface area contributed by atoms with Crippen molar-refractivity contribution < 1.29 is 28.2 Å². The second kappa shape index (κ2) is 10.3. The smallest absolute Gasteiger partial charge is 0.343 e. The number of hydrogen-bond acceptors (Lipinski definition) is 7. The van der Waals surface area contributed by atoms with E-state index in [-0.39, 0.29) is 39.0 Å². The number of rotatable bonds is 5. The SMILES string of the molecule is COc1cccc(C(=O)Oc2cc(OC(=O)c3cccc(Br)c3)c3c(=O)c4ccc5ccccc5c4oc3c2)c1. The maximum Gasteiger partial charge on any atom is 0.343 e. The summed E-state index contributed by atoms with van der Waals surface area (Å²) in [5, 5.41) is 2.00. The first-order chi connectivity index (χ1) is 19.4. The van der Waals surface area contributed by atoms with Gasteiger partial charge in [-0.1, -0.05) is 58.4 Å². The molecule has 0 unspecified atom stereocenters. The molecule has 6 rings (SSSR count). The molecular weight excluding hydrogens is 576 g/mol. The van der Waals surface area contributed by atoms with E-state index in [1.165, 1.54) is 25.3 Å². The highest BCUT2D eigenvalue weighted by Gasteiger charge is 2.21. The molecule has 6 aromatic rings. The van der Waals surface area contributed by atoms with Crippen molar-refractivity contribution in [3.8, 4) is 17.2 Å². The molecule has 0 aliphatic rings. The largest absolute Gasteiger partial charge is 0.497 e. The average molecular weight is 595 g/mol. The molecule has 0 radical (unpaired) electrons. The van der Waals surface area contributed by atoms with Crippen molar-refractivity contribution in [2.75, 3.05) is 7.11 Å². The van der Waals surface area contributed by atoms with Crippen LogP contribution in [0.3, 0.4) is 0 Å². The van der Waals surface area contributed by atoms with Crippen molar-refractivity contribution in [3.63, 3.8) is 0 Å². The van der Waals surface area contributed by atoms with Gasteiger partial charge in [-0.3, -0.25) is 4.79 Å². The molecule has 0 saturated heterocycles. The summed E-state index contributed by atoms with van der Waals surface area (Å²) in [7, 11) is 1.50. The van der Waals surface area contributed by atoms with Crippen LogP contribution in [0.5, 0.6) is 17.2 Å². The van der Waals surface area contributed by atoms with Crippen LogP contribution in [0, 0.1) is 0 Å². The number of benzene rings is 5. The fraction of sp³-hybridized carbons (Fsp3) is 0.0312. The van der Waals surface area contributed by atoms with Crippen molar-refractivity contribution in [3.05, 3.63) is 123 Å². The molecule has 0 aliphatic carbocycles. The van der Waals surface area contributed by atoms with Crippen LogP contribution in [0.2, 0.25) is 0 Å². The molecule has 0 amide bonds. The zero-order chi connectivity index (χ0) is 27.8. The minimum atomic E-state index is -0.697. The van der Waals surface area contributed by atoms with Gasteiger partial charge >= 0.3 is 11.9 Å². The third-order valence-corrected chi connectivity index (χ3v) is 6.88. The first-order valence-electron chi connectivity index (χ1n) is 12.2. The van der Waals surface area contributed by atoms with Crippen LogP contribution >= 0.6 is 15.9 Å². The number of fused-ring (bicyclic) bond motifs is 4. The molecule has 196 valence electrons. The van der Waals surface area contributed by atoms with Crippen molar-refractivity contribution in [2.24, 2.45) is 0 Å². The summed E-state index contributed by atoms with van der Waals surface area (Å²) in [6.45, 7) is 0. The predicted octanol–water partition coefficient (Wildman–Crippen LogP) is 7.31. The average Bonchev–Trinajstić information content (AvgIpc) is 2.97. The van der Waals surface area contributed by atoms with E-state index in [0.29, 0.717) is 21.2 Å². The molecule has 0 bridgehead atoms. The number of carbonyl (C=O) groups excluding carboxylic acids is 2. The molecule has 0 fully saturated rings. The summed E-state index contributed by atoms with van der Waals surface area (Å²) < 4.78 is 23.5.